The first-order valence-corrected chi connectivity index (χ1v) is 9.56. The average molecular weight is 386 g/mol. The molecule has 0 unspecified atom stereocenters. The molecule has 0 aliphatic carbocycles. The zero-order valence-corrected chi connectivity index (χ0v) is 16.6. The van der Waals surface area contributed by atoms with Crippen LogP contribution in [0, 0.1) is 12.7 Å². The molecule has 0 saturated heterocycles. The Morgan fingerprint density at radius 3 is 2.89 bits per heavy atom. The van der Waals surface area contributed by atoms with Crippen LogP contribution in [0.4, 0.5) is 4.39 Å². The maximum Gasteiger partial charge on any atom is 0.234 e. The molecule has 0 spiro atoms. The number of benzene rings is 2. The standard InChI is InChI=1S/C22H27FN2O3/c1-4-19-13-25(12-17-10-20(27-3)7-8-21(17)28-19)14-22(26)24-11-16-9-18(23)6-5-15(16)2/h5-10,19H,4,11-14H2,1-3H3,(H,24,26)/t19-/m1/s1. The third-order valence-corrected chi connectivity index (χ3v) is 5.03. The van der Waals surface area contributed by atoms with Gasteiger partial charge in [-0.3, -0.25) is 9.69 Å². The lowest BCUT2D eigenvalue weighted by molar-refractivity contribution is -0.122. The molecule has 1 atom stereocenters. The molecule has 150 valence electrons. The highest BCUT2D eigenvalue weighted by atomic mass is 19.1. The van der Waals surface area contributed by atoms with Gasteiger partial charge in [0.25, 0.3) is 0 Å². The molecule has 3 rings (SSSR count). The van der Waals surface area contributed by atoms with Crippen LogP contribution >= 0.6 is 0 Å². The van der Waals surface area contributed by atoms with Gasteiger partial charge >= 0.3 is 0 Å². The molecule has 2 aromatic rings. The lowest BCUT2D eigenvalue weighted by Crippen LogP contribution is -2.40. The molecule has 0 fully saturated rings. The highest BCUT2D eigenvalue weighted by Gasteiger charge is 2.23. The summed E-state index contributed by atoms with van der Waals surface area (Å²) < 4.78 is 24.8. The zero-order chi connectivity index (χ0) is 20.1. The summed E-state index contributed by atoms with van der Waals surface area (Å²) in [5.41, 5.74) is 2.75. The fourth-order valence-corrected chi connectivity index (χ4v) is 3.35. The Balaban J connectivity index is 1.66. The Hall–Kier alpha value is -2.60. The van der Waals surface area contributed by atoms with Crippen molar-refractivity contribution in [2.75, 3.05) is 20.2 Å². The zero-order valence-electron chi connectivity index (χ0n) is 16.6. The minimum atomic E-state index is -0.296. The Kier molecular flexibility index (Phi) is 6.52. The molecular formula is C22H27FN2O3. The molecule has 6 heteroatoms. The van der Waals surface area contributed by atoms with Crippen molar-refractivity contribution in [3.05, 3.63) is 58.9 Å². The second-order valence-electron chi connectivity index (χ2n) is 7.14. The van der Waals surface area contributed by atoms with E-state index in [1.54, 1.807) is 13.2 Å². The van der Waals surface area contributed by atoms with E-state index in [2.05, 4.69) is 17.1 Å². The van der Waals surface area contributed by atoms with Crippen LogP contribution in [-0.2, 0) is 17.9 Å². The van der Waals surface area contributed by atoms with Crippen LogP contribution in [0.5, 0.6) is 11.5 Å². The molecule has 1 N–H and O–H groups in total. The Bertz CT molecular complexity index is 841. The lowest BCUT2D eigenvalue weighted by Gasteiger charge is -2.22. The molecule has 1 aliphatic heterocycles. The van der Waals surface area contributed by atoms with Crippen LogP contribution in [-0.4, -0.2) is 37.1 Å². The fourth-order valence-electron chi connectivity index (χ4n) is 3.35. The van der Waals surface area contributed by atoms with Crippen LogP contribution < -0.4 is 14.8 Å². The molecule has 0 saturated carbocycles. The Morgan fingerprint density at radius 1 is 1.32 bits per heavy atom. The molecular weight excluding hydrogens is 359 g/mol. The van der Waals surface area contributed by atoms with Gasteiger partial charge in [0.1, 0.15) is 23.4 Å². The number of hydrogen-bond acceptors (Lipinski definition) is 4. The van der Waals surface area contributed by atoms with Gasteiger partial charge in [0.2, 0.25) is 5.91 Å². The van der Waals surface area contributed by atoms with Crippen molar-refractivity contribution < 1.29 is 18.7 Å². The van der Waals surface area contributed by atoms with Crippen LogP contribution in [0.2, 0.25) is 0 Å². The summed E-state index contributed by atoms with van der Waals surface area (Å²) in [5, 5.41) is 2.90. The summed E-state index contributed by atoms with van der Waals surface area (Å²) in [5.74, 6) is 1.22. The maximum absolute atomic E-state index is 13.4. The number of methoxy groups -OCH3 is 1. The van der Waals surface area contributed by atoms with Crippen molar-refractivity contribution in [2.24, 2.45) is 0 Å². The number of rotatable bonds is 6. The van der Waals surface area contributed by atoms with E-state index in [0.29, 0.717) is 19.6 Å². The largest absolute Gasteiger partial charge is 0.497 e. The number of halogens is 1. The number of ether oxygens (including phenoxy) is 2. The lowest BCUT2D eigenvalue weighted by atomic mass is 10.1. The van der Waals surface area contributed by atoms with Gasteiger partial charge in [-0.15, -0.1) is 0 Å². The summed E-state index contributed by atoms with van der Waals surface area (Å²) in [6, 6.07) is 10.4. The first-order valence-electron chi connectivity index (χ1n) is 9.56. The van der Waals surface area contributed by atoms with Gasteiger partial charge in [-0.2, -0.15) is 0 Å². The molecule has 28 heavy (non-hydrogen) atoms. The normalized spacial score (nSPS) is 16.6. The van der Waals surface area contributed by atoms with Crippen molar-refractivity contribution in [3.8, 4) is 11.5 Å². The third-order valence-electron chi connectivity index (χ3n) is 5.03. The highest BCUT2D eigenvalue weighted by Crippen LogP contribution is 2.29. The van der Waals surface area contributed by atoms with E-state index in [-0.39, 0.29) is 24.4 Å². The Morgan fingerprint density at radius 2 is 2.14 bits per heavy atom. The van der Waals surface area contributed by atoms with E-state index in [0.717, 1.165) is 34.6 Å². The number of hydrogen-bond donors (Lipinski definition) is 1. The summed E-state index contributed by atoms with van der Waals surface area (Å²) >= 11 is 0. The Labute approximate surface area is 165 Å². The predicted molar refractivity (Wildman–Crippen MR) is 106 cm³/mol. The molecule has 1 aliphatic rings. The molecule has 1 heterocycles. The van der Waals surface area contributed by atoms with E-state index >= 15 is 0 Å². The first-order chi connectivity index (χ1) is 13.5. The van der Waals surface area contributed by atoms with E-state index in [1.807, 2.05) is 25.1 Å². The van der Waals surface area contributed by atoms with E-state index in [4.69, 9.17) is 9.47 Å². The minimum Gasteiger partial charge on any atom is -0.497 e. The number of nitrogens with one attached hydrogen (secondary N) is 1. The molecule has 0 bridgehead atoms. The van der Waals surface area contributed by atoms with Crippen molar-refractivity contribution >= 4 is 5.91 Å². The predicted octanol–water partition coefficient (Wildman–Crippen LogP) is 3.43. The van der Waals surface area contributed by atoms with E-state index in [1.165, 1.54) is 12.1 Å². The van der Waals surface area contributed by atoms with E-state index < -0.39 is 0 Å². The number of carbonyl (C=O) groups excluding carboxylic acids is 1. The number of fused-ring (bicyclic) bond motifs is 1. The van der Waals surface area contributed by atoms with Crippen molar-refractivity contribution in [1.29, 1.82) is 0 Å². The second kappa shape index (κ2) is 9.06. The smallest absolute Gasteiger partial charge is 0.234 e. The molecule has 0 radical (unpaired) electrons. The van der Waals surface area contributed by atoms with Crippen LogP contribution in [0.1, 0.15) is 30.0 Å². The monoisotopic (exact) mass is 386 g/mol. The first kappa shape index (κ1) is 20.1. The van der Waals surface area contributed by atoms with Crippen LogP contribution in [0.3, 0.4) is 0 Å². The SMILES string of the molecule is CC[C@@H]1CN(CC(=O)NCc2cc(F)ccc2C)Cc2cc(OC)ccc2O1. The minimum absolute atomic E-state index is 0.0212. The topological polar surface area (TPSA) is 50.8 Å². The van der Waals surface area contributed by atoms with Gasteiger partial charge in [0.15, 0.2) is 0 Å². The molecule has 5 nitrogen and oxygen atoms in total. The van der Waals surface area contributed by atoms with Crippen molar-refractivity contribution in [2.45, 2.75) is 39.5 Å². The summed E-state index contributed by atoms with van der Waals surface area (Å²) in [4.78, 5) is 14.6. The fraction of sp³-hybridized carbons (Fsp3) is 0.409. The summed E-state index contributed by atoms with van der Waals surface area (Å²) in [7, 11) is 1.63. The number of aryl methyl sites for hydroxylation is 1. The van der Waals surface area contributed by atoms with Gasteiger partial charge < -0.3 is 14.8 Å². The molecule has 1 amide bonds. The van der Waals surface area contributed by atoms with Gasteiger partial charge in [-0.05, 0) is 54.8 Å². The van der Waals surface area contributed by atoms with Gasteiger partial charge in [0, 0.05) is 25.2 Å². The van der Waals surface area contributed by atoms with Gasteiger partial charge in [-0.1, -0.05) is 13.0 Å². The second-order valence-corrected chi connectivity index (χ2v) is 7.14. The van der Waals surface area contributed by atoms with Gasteiger partial charge in [0.05, 0.1) is 13.7 Å². The van der Waals surface area contributed by atoms with Gasteiger partial charge in [-0.25, -0.2) is 4.39 Å². The summed E-state index contributed by atoms with van der Waals surface area (Å²) in [6.45, 7) is 5.82. The van der Waals surface area contributed by atoms with Crippen molar-refractivity contribution in [1.82, 2.24) is 10.2 Å². The number of amides is 1. The van der Waals surface area contributed by atoms with E-state index in [9.17, 15) is 9.18 Å². The molecule has 2 aromatic carbocycles. The quantitative estimate of drug-likeness (QED) is 0.826. The summed E-state index contributed by atoms with van der Waals surface area (Å²) in [6.07, 6.45) is 0.874. The highest BCUT2D eigenvalue weighted by molar-refractivity contribution is 5.78. The van der Waals surface area contributed by atoms with Crippen molar-refractivity contribution in [3.63, 3.8) is 0 Å². The van der Waals surface area contributed by atoms with Crippen LogP contribution in [0.15, 0.2) is 36.4 Å². The average Bonchev–Trinajstić information content (AvgIpc) is 2.86. The number of nitrogens with zero attached hydrogens (tertiary/aromatic N) is 1. The molecule has 0 aromatic heterocycles. The van der Waals surface area contributed by atoms with Crippen LogP contribution in [0.25, 0.3) is 0 Å². The number of carbonyl (C=O) groups is 1. The maximum atomic E-state index is 13.4. The third kappa shape index (κ3) is 5.01.